The lowest BCUT2D eigenvalue weighted by Crippen LogP contribution is -2.27. The first-order chi connectivity index (χ1) is 9.03. The van der Waals surface area contributed by atoms with E-state index in [1.54, 1.807) is 24.3 Å². The van der Waals surface area contributed by atoms with Gasteiger partial charge in [0.2, 0.25) is 0 Å². The lowest BCUT2D eigenvalue weighted by molar-refractivity contribution is -0.112. The van der Waals surface area contributed by atoms with E-state index in [9.17, 15) is 9.18 Å². The Labute approximate surface area is 117 Å². The van der Waals surface area contributed by atoms with Gasteiger partial charge in [-0.05, 0) is 48.7 Å². The summed E-state index contributed by atoms with van der Waals surface area (Å²) in [4.78, 5) is 11.5. The minimum atomic E-state index is -0.740. The minimum Gasteiger partial charge on any atom is -0.302 e. The van der Waals surface area contributed by atoms with Crippen LogP contribution in [0.5, 0.6) is 0 Å². The molecule has 0 saturated heterocycles. The topological polar surface area (TPSA) is 17.1 Å². The Kier molecular flexibility index (Phi) is 4.01. The highest BCUT2D eigenvalue weighted by atomic mass is 35.5. The number of aldehydes is 1. The van der Waals surface area contributed by atoms with Gasteiger partial charge in [-0.3, -0.25) is 0 Å². The van der Waals surface area contributed by atoms with Crippen LogP contribution in [0, 0.1) is 5.82 Å². The van der Waals surface area contributed by atoms with Crippen LogP contribution in [0.15, 0.2) is 48.5 Å². The van der Waals surface area contributed by atoms with Crippen molar-refractivity contribution in [1.82, 2.24) is 0 Å². The zero-order valence-corrected chi connectivity index (χ0v) is 11.3. The zero-order valence-electron chi connectivity index (χ0n) is 10.6. The third-order valence-corrected chi connectivity index (χ3v) is 3.48. The monoisotopic (exact) mass is 276 g/mol. The molecule has 1 atom stereocenters. The van der Waals surface area contributed by atoms with Crippen LogP contribution in [0.2, 0.25) is 5.02 Å². The summed E-state index contributed by atoms with van der Waals surface area (Å²) >= 11 is 5.84. The third-order valence-electron chi connectivity index (χ3n) is 3.23. The smallest absolute Gasteiger partial charge is 0.130 e. The molecule has 98 valence electrons. The summed E-state index contributed by atoms with van der Waals surface area (Å²) in [5, 5.41) is 0.655. The van der Waals surface area contributed by atoms with Crippen LogP contribution < -0.4 is 0 Å². The van der Waals surface area contributed by atoms with Gasteiger partial charge in [-0.1, -0.05) is 35.9 Å². The summed E-state index contributed by atoms with van der Waals surface area (Å²) in [7, 11) is 0. The van der Waals surface area contributed by atoms with Gasteiger partial charge in [0.1, 0.15) is 12.1 Å². The largest absolute Gasteiger partial charge is 0.302 e. The maximum absolute atomic E-state index is 13.3. The first-order valence-electron chi connectivity index (χ1n) is 6.00. The predicted octanol–water partition coefficient (Wildman–Crippen LogP) is 4.18. The second-order valence-corrected chi connectivity index (χ2v) is 5.29. The molecule has 2 aromatic carbocycles. The Hall–Kier alpha value is -1.67. The Morgan fingerprint density at radius 1 is 1.21 bits per heavy atom. The molecule has 0 N–H and O–H groups in total. The summed E-state index contributed by atoms with van der Waals surface area (Å²) in [6, 6.07) is 13.5. The maximum Gasteiger partial charge on any atom is 0.130 e. The second kappa shape index (κ2) is 5.54. The molecule has 0 aliphatic carbocycles. The van der Waals surface area contributed by atoms with Gasteiger partial charge in [-0.15, -0.1) is 0 Å². The molecule has 0 aromatic heterocycles. The number of halogens is 2. The molecule has 0 amide bonds. The summed E-state index contributed by atoms with van der Waals surface area (Å²) < 4.78 is 13.3. The molecule has 2 rings (SSSR count). The molecule has 0 aliphatic heterocycles. The molecule has 1 nitrogen and oxygen atoms in total. The van der Waals surface area contributed by atoms with Gasteiger partial charge >= 0.3 is 0 Å². The molecule has 0 heterocycles. The lowest BCUT2D eigenvalue weighted by atomic mass is 9.78. The number of benzene rings is 2. The SMILES string of the molecule is CC(C=O)(Cc1ccc(Cl)cc1)c1cccc(F)c1. The van der Waals surface area contributed by atoms with Gasteiger partial charge in [-0.2, -0.15) is 0 Å². The molecule has 1 unspecified atom stereocenters. The van der Waals surface area contributed by atoms with Gasteiger partial charge in [0.15, 0.2) is 0 Å². The van der Waals surface area contributed by atoms with Crippen LogP contribution in [0.1, 0.15) is 18.1 Å². The average molecular weight is 277 g/mol. The fraction of sp³-hybridized carbons (Fsp3) is 0.188. The van der Waals surface area contributed by atoms with Crippen molar-refractivity contribution in [1.29, 1.82) is 0 Å². The summed E-state index contributed by atoms with van der Waals surface area (Å²) in [6.07, 6.45) is 1.38. The zero-order chi connectivity index (χ0) is 13.9. The predicted molar refractivity (Wildman–Crippen MR) is 75.0 cm³/mol. The maximum atomic E-state index is 13.3. The van der Waals surface area contributed by atoms with Crippen molar-refractivity contribution in [2.45, 2.75) is 18.8 Å². The van der Waals surface area contributed by atoms with E-state index in [-0.39, 0.29) is 5.82 Å². The van der Waals surface area contributed by atoms with Crippen molar-refractivity contribution in [2.24, 2.45) is 0 Å². The van der Waals surface area contributed by atoms with Gasteiger partial charge in [0, 0.05) is 5.02 Å². The van der Waals surface area contributed by atoms with Gasteiger partial charge in [0.25, 0.3) is 0 Å². The highest BCUT2D eigenvalue weighted by Gasteiger charge is 2.26. The van der Waals surface area contributed by atoms with Gasteiger partial charge in [-0.25, -0.2) is 4.39 Å². The second-order valence-electron chi connectivity index (χ2n) is 4.85. The first kappa shape index (κ1) is 13.8. The van der Waals surface area contributed by atoms with Crippen molar-refractivity contribution in [3.05, 3.63) is 70.5 Å². The van der Waals surface area contributed by atoms with Crippen LogP contribution in [-0.2, 0) is 16.6 Å². The Bertz CT molecular complexity index is 580. The highest BCUT2D eigenvalue weighted by molar-refractivity contribution is 6.30. The van der Waals surface area contributed by atoms with E-state index >= 15 is 0 Å². The van der Waals surface area contributed by atoms with E-state index in [0.717, 1.165) is 11.8 Å². The van der Waals surface area contributed by atoms with E-state index in [4.69, 9.17) is 11.6 Å². The van der Waals surface area contributed by atoms with Crippen LogP contribution in [0.4, 0.5) is 4.39 Å². The number of hydrogen-bond donors (Lipinski definition) is 0. The third kappa shape index (κ3) is 3.21. The van der Waals surface area contributed by atoms with Crippen molar-refractivity contribution in [3.8, 4) is 0 Å². The summed E-state index contributed by atoms with van der Waals surface area (Å²) in [5.41, 5.74) is 0.927. The first-order valence-corrected chi connectivity index (χ1v) is 6.38. The van der Waals surface area contributed by atoms with E-state index in [1.807, 2.05) is 19.1 Å². The number of hydrogen-bond acceptors (Lipinski definition) is 1. The normalized spacial score (nSPS) is 13.8. The summed E-state index contributed by atoms with van der Waals surface area (Å²) in [6.45, 7) is 1.81. The van der Waals surface area contributed by atoms with E-state index in [1.165, 1.54) is 12.1 Å². The molecule has 0 aliphatic rings. The number of carbonyl (C=O) groups is 1. The van der Waals surface area contributed by atoms with Crippen LogP contribution in [0.3, 0.4) is 0 Å². The summed E-state index contributed by atoms with van der Waals surface area (Å²) in [5.74, 6) is -0.332. The quantitative estimate of drug-likeness (QED) is 0.766. The Morgan fingerprint density at radius 2 is 1.89 bits per heavy atom. The van der Waals surface area contributed by atoms with Gasteiger partial charge < -0.3 is 4.79 Å². The van der Waals surface area contributed by atoms with Crippen molar-refractivity contribution < 1.29 is 9.18 Å². The lowest BCUT2D eigenvalue weighted by Gasteiger charge is -2.24. The van der Waals surface area contributed by atoms with Crippen LogP contribution in [0.25, 0.3) is 0 Å². The molecule has 2 aromatic rings. The van der Waals surface area contributed by atoms with E-state index < -0.39 is 5.41 Å². The molecular formula is C16H14ClFO. The molecule has 3 heteroatoms. The molecule has 19 heavy (non-hydrogen) atoms. The van der Waals surface area contributed by atoms with Crippen molar-refractivity contribution in [2.75, 3.05) is 0 Å². The van der Waals surface area contributed by atoms with Crippen LogP contribution >= 0.6 is 11.6 Å². The highest BCUT2D eigenvalue weighted by Crippen LogP contribution is 2.27. The molecule has 0 saturated carbocycles. The molecule has 0 bridgehead atoms. The minimum absolute atomic E-state index is 0.332. The Balaban J connectivity index is 2.32. The number of rotatable bonds is 4. The standard InChI is InChI=1S/C16H14ClFO/c1-16(11-19,13-3-2-4-15(18)9-13)10-12-5-7-14(17)8-6-12/h2-9,11H,10H2,1H3. The fourth-order valence-electron chi connectivity index (χ4n) is 2.08. The molecule has 0 fully saturated rings. The van der Waals surface area contributed by atoms with Gasteiger partial charge in [0.05, 0.1) is 5.41 Å². The molecular weight excluding hydrogens is 263 g/mol. The van der Waals surface area contributed by atoms with Crippen molar-refractivity contribution >= 4 is 17.9 Å². The van der Waals surface area contributed by atoms with Crippen LogP contribution in [-0.4, -0.2) is 6.29 Å². The van der Waals surface area contributed by atoms with E-state index in [0.29, 0.717) is 17.0 Å². The molecule has 0 radical (unpaired) electrons. The number of carbonyl (C=O) groups excluding carboxylic acids is 1. The average Bonchev–Trinajstić information content (AvgIpc) is 2.41. The molecule has 0 spiro atoms. The van der Waals surface area contributed by atoms with Crippen molar-refractivity contribution in [3.63, 3.8) is 0 Å². The fourth-order valence-corrected chi connectivity index (χ4v) is 2.21. The van der Waals surface area contributed by atoms with E-state index in [2.05, 4.69) is 0 Å². The Morgan fingerprint density at radius 3 is 2.47 bits per heavy atom.